The summed E-state index contributed by atoms with van der Waals surface area (Å²) in [6.07, 6.45) is 2.53. The van der Waals surface area contributed by atoms with Crippen molar-refractivity contribution in [2.45, 2.75) is 12.5 Å². The normalized spacial score (nSPS) is 19.5. The van der Waals surface area contributed by atoms with Crippen LogP contribution in [0.15, 0.2) is 30.5 Å². The van der Waals surface area contributed by atoms with Crippen LogP contribution in [0, 0.1) is 5.82 Å². The fourth-order valence-electron chi connectivity index (χ4n) is 2.25. The van der Waals surface area contributed by atoms with E-state index in [0.717, 1.165) is 36.7 Å². The lowest BCUT2D eigenvalue weighted by Crippen LogP contribution is -2.42. The predicted molar refractivity (Wildman–Crippen MR) is 70.3 cm³/mol. The molecule has 1 aliphatic heterocycles. The first-order valence-electron chi connectivity index (χ1n) is 6.42. The second-order valence-electron chi connectivity index (χ2n) is 4.68. The lowest BCUT2D eigenvalue weighted by Gasteiger charge is -2.22. The largest absolute Gasteiger partial charge is 0.379 e. The van der Waals surface area contributed by atoms with Crippen LogP contribution in [0.4, 0.5) is 4.39 Å². The third-order valence-corrected chi connectivity index (χ3v) is 3.20. The zero-order chi connectivity index (χ0) is 13.1. The van der Waals surface area contributed by atoms with Gasteiger partial charge in [0, 0.05) is 24.6 Å². The van der Waals surface area contributed by atoms with Gasteiger partial charge in [0.15, 0.2) is 0 Å². The van der Waals surface area contributed by atoms with E-state index in [9.17, 15) is 4.39 Å². The molecule has 1 aromatic carbocycles. The average Bonchev–Trinajstić information content (AvgIpc) is 2.88. The highest BCUT2D eigenvalue weighted by atomic mass is 19.1. The van der Waals surface area contributed by atoms with Gasteiger partial charge in [-0.2, -0.15) is 0 Å². The van der Waals surface area contributed by atoms with E-state index in [1.807, 2.05) is 6.07 Å². The van der Waals surface area contributed by atoms with Crippen molar-refractivity contribution in [3.05, 3.63) is 42.1 Å². The topological polar surface area (TPSA) is 49.9 Å². The number of aromatic amines is 1. The van der Waals surface area contributed by atoms with Crippen LogP contribution in [0.5, 0.6) is 0 Å². The summed E-state index contributed by atoms with van der Waals surface area (Å²) in [7, 11) is 0. The Labute approximate surface area is 111 Å². The highest BCUT2D eigenvalue weighted by Crippen LogP contribution is 2.18. The summed E-state index contributed by atoms with van der Waals surface area (Å²) in [5.41, 5.74) is 1.65. The van der Waals surface area contributed by atoms with Gasteiger partial charge < -0.3 is 15.0 Å². The van der Waals surface area contributed by atoms with Crippen molar-refractivity contribution in [2.24, 2.45) is 0 Å². The van der Waals surface area contributed by atoms with Crippen molar-refractivity contribution in [1.82, 2.24) is 15.3 Å². The number of H-pyrrole nitrogens is 1. The molecule has 1 saturated heterocycles. The van der Waals surface area contributed by atoms with E-state index in [2.05, 4.69) is 15.3 Å². The summed E-state index contributed by atoms with van der Waals surface area (Å²) in [6.45, 7) is 2.35. The lowest BCUT2D eigenvalue weighted by molar-refractivity contribution is 0.0764. The molecule has 4 nitrogen and oxygen atoms in total. The Kier molecular flexibility index (Phi) is 3.57. The van der Waals surface area contributed by atoms with Crippen LogP contribution < -0.4 is 5.32 Å². The van der Waals surface area contributed by atoms with Crippen LogP contribution in [0.3, 0.4) is 0 Å². The van der Waals surface area contributed by atoms with Crippen LogP contribution in [0.2, 0.25) is 0 Å². The molecule has 100 valence electrons. The Morgan fingerprint density at radius 2 is 2.37 bits per heavy atom. The molecule has 2 aromatic rings. The number of halogens is 1. The molecule has 19 heavy (non-hydrogen) atoms. The number of benzene rings is 1. The fraction of sp³-hybridized carbons (Fsp3) is 0.357. The van der Waals surface area contributed by atoms with E-state index < -0.39 is 0 Å². The summed E-state index contributed by atoms with van der Waals surface area (Å²) in [4.78, 5) is 7.57. The second kappa shape index (κ2) is 5.50. The van der Waals surface area contributed by atoms with E-state index in [1.54, 1.807) is 12.3 Å². The molecule has 0 radical (unpaired) electrons. The summed E-state index contributed by atoms with van der Waals surface area (Å²) < 4.78 is 18.6. The minimum Gasteiger partial charge on any atom is -0.379 e. The summed E-state index contributed by atoms with van der Waals surface area (Å²) in [5, 5.41) is 3.38. The number of imidazole rings is 1. The third-order valence-electron chi connectivity index (χ3n) is 3.20. The van der Waals surface area contributed by atoms with Crippen LogP contribution in [-0.4, -0.2) is 35.8 Å². The van der Waals surface area contributed by atoms with Crippen molar-refractivity contribution in [3.63, 3.8) is 0 Å². The van der Waals surface area contributed by atoms with E-state index in [0.29, 0.717) is 12.6 Å². The van der Waals surface area contributed by atoms with Gasteiger partial charge in [-0.15, -0.1) is 0 Å². The molecule has 1 aliphatic rings. The maximum Gasteiger partial charge on any atom is 0.123 e. The Morgan fingerprint density at radius 3 is 3.16 bits per heavy atom. The van der Waals surface area contributed by atoms with Gasteiger partial charge >= 0.3 is 0 Å². The van der Waals surface area contributed by atoms with E-state index >= 15 is 0 Å². The Bertz CT molecular complexity index is 549. The average molecular weight is 261 g/mol. The summed E-state index contributed by atoms with van der Waals surface area (Å²) in [5.74, 6) is 0.651. The molecular formula is C14H16FN3O. The summed E-state index contributed by atoms with van der Waals surface area (Å²) in [6, 6.07) is 6.79. The van der Waals surface area contributed by atoms with E-state index in [4.69, 9.17) is 4.74 Å². The molecule has 0 bridgehead atoms. The van der Waals surface area contributed by atoms with Gasteiger partial charge in [-0.1, -0.05) is 12.1 Å². The molecule has 1 atom stereocenters. The van der Waals surface area contributed by atoms with Gasteiger partial charge in [0.2, 0.25) is 0 Å². The van der Waals surface area contributed by atoms with Crippen molar-refractivity contribution < 1.29 is 9.13 Å². The smallest absolute Gasteiger partial charge is 0.123 e. The molecule has 0 aliphatic carbocycles. The van der Waals surface area contributed by atoms with Gasteiger partial charge in [-0.3, -0.25) is 0 Å². The quantitative estimate of drug-likeness (QED) is 0.885. The Balaban J connectivity index is 1.72. The first-order valence-corrected chi connectivity index (χ1v) is 6.42. The zero-order valence-electron chi connectivity index (χ0n) is 10.5. The first kappa shape index (κ1) is 12.3. The number of hydrogen-bond acceptors (Lipinski definition) is 3. The van der Waals surface area contributed by atoms with Crippen LogP contribution in [0.1, 0.15) is 5.82 Å². The van der Waals surface area contributed by atoms with Crippen LogP contribution in [0.25, 0.3) is 11.3 Å². The molecule has 2 heterocycles. The minimum absolute atomic E-state index is 0.240. The standard InChI is InChI=1S/C14H16FN3O/c15-11-3-1-2-10(6-11)13-8-17-14(18-13)7-12-9-19-5-4-16-12/h1-3,6,8,12,16H,4-5,7,9H2,(H,17,18). The molecule has 1 unspecified atom stereocenters. The molecular weight excluding hydrogens is 245 g/mol. The van der Waals surface area contributed by atoms with Crippen LogP contribution >= 0.6 is 0 Å². The maximum atomic E-state index is 13.2. The number of ether oxygens (including phenoxy) is 1. The highest BCUT2D eigenvalue weighted by Gasteiger charge is 2.15. The van der Waals surface area contributed by atoms with E-state index in [1.165, 1.54) is 12.1 Å². The number of morpholine rings is 1. The molecule has 1 aromatic heterocycles. The molecule has 0 saturated carbocycles. The number of rotatable bonds is 3. The maximum absolute atomic E-state index is 13.2. The zero-order valence-corrected chi connectivity index (χ0v) is 10.5. The lowest BCUT2D eigenvalue weighted by atomic mass is 10.1. The summed E-state index contributed by atoms with van der Waals surface area (Å²) >= 11 is 0. The van der Waals surface area contributed by atoms with Gasteiger partial charge in [-0.25, -0.2) is 9.37 Å². The van der Waals surface area contributed by atoms with Crippen molar-refractivity contribution in [2.75, 3.05) is 19.8 Å². The molecule has 0 spiro atoms. The highest BCUT2D eigenvalue weighted by molar-refractivity contribution is 5.58. The van der Waals surface area contributed by atoms with Crippen LogP contribution in [-0.2, 0) is 11.2 Å². The van der Waals surface area contributed by atoms with Crippen molar-refractivity contribution in [1.29, 1.82) is 0 Å². The third kappa shape index (κ3) is 3.00. The number of hydrogen-bond donors (Lipinski definition) is 2. The van der Waals surface area contributed by atoms with Gasteiger partial charge in [0.05, 0.1) is 25.1 Å². The number of nitrogens with zero attached hydrogens (tertiary/aromatic N) is 1. The molecule has 1 fully saturated rings. The van der Waals surface area contributed by atoms with Gasteiger partial charge in [0.25, 0.3) is 0 Å². The van der Waals surface area contributed by atoms with Gasteiger partial charge in [0.1, 0.15) is 11.6 Å². The molecule has 3 rings (SSSR count). The molecule has 5 heteroatoms. The number of nitrogens with one attached hydrogen (secondary N) is 2. The van der Waals surface area contributed by atoms with Crippen molar-refractivity contribution >= 4 is 0 Å². The van der Waals surface area contributed by atoms with Gasteiger partial charge in [-0.05, 0) is 12.1 Å². The van der Waals surface area contributed by atoms with E-state index in [-0.39, 0.29) is 5.82 Å². The predicted octanol–water partition coefficient (Wildman–Crippen LogP) is 1.75. The second-order valence-corrected chi connectivity index (χ2v) is 4.68. The monoisotopic (exact) mass is 261 g/mol. The Hall–Kier alpha value is -1.72. The Morgan fingerprint density at radius 1 is 1.42 bits per heavy atom. The minimum atomic E-state index is -0.240. The molecule has 0 amide bonds. The first-order chi connectivity index (χ1) is 9.31. The SMILES string of the molecule is Fc1cccc(-c2cnc(CC3COCCN3)[nH]2)c1. The number of aromatic nitrogens is 2. The fourth-order valence-corrected chi connectivity index (χ4v) is 2.25. The van der Waals surface area contributed by atoms with Crippen molar-refractivity contribution in [3.8, 4) is 11.3 Å². The molecule has 2 N–H and O–H groups in total.